The molecule has 2 heterocycles. The Morgan fingerprint density at radius 3 is 2.81 bits per heavy atom. The van der Waals surface area contributed by atoms with Gasteiger partial charge in [-0.1, -0.05) is 49.9 Å². The van der Waals surface area contributed by atoms with E-state index in [0.29, 0.717) is 10.9 Å². The quantitative estimate of drug-likeness (QED) is 0.658. The minimum absolute atomic E-state index is 0.176. The molecule has 1 aliphatic heterocycles. The summed E-state index contributed by atoms with van der Waals surface area (Å²) in [5.41, 5.74) is 4.19. The maximum Gasteiger partial charge on any atom is 0.319 e. The van der Waals surface area contributed by atoms with Gasteiger partial charge in [-0.3, -0.25) is 0 Å². The second-order valence-electron chi connectivity index (χ2n) is 7.24. The standard InChI is InChI=1S/C21H24ClN3OS/c1-2-16-18(20-23-17(12-27-20)13-7-4-3-5-8-13)19(25-21(26)24-16)14-9-6-10-15(22)11-14/h6,9-13,19H,2-5,7-8H2,1H3,(H2,24,25,26). The van der Waals surface area contributed by atoms with E-state index in [1.807, 2.05) is 24.3 Å². The predicted molar refractivity (Wildman–Crippen MR) is 111 cm³/mol. The Morgan fingerprint density at radius 2 is 2.07 bits per heavy atom. The van der Waals surface area contributed by atoms with E-state index < -0.39 is 0 Å². The van der Waals surface area contributed by atoms with E-state index in [1.54, 1.807) is 11.3 Å². The zero-order chi connectivity index (χ0) is 18.8. The lowest BCUT2D eigenvalue weighted by atomic mass is 9.87. The van der Waals surface area contributed by atoms with Crippen LogP contribution in [0, 0.1) is 0 Å². The third kappa shape index (κ3) is 3.90. The van der Waals surface area contributed by atoms with Crippen LogP contribution in [0.4, 0.5) is 4.79 Å². The van der Waals surface area contributed by atoms with Crippen LogP contribution in [-0.2, 0) is 0 Å². The molecule has 2 N–H and O–H groups in total. The number of carbonyl (C=O) groups excluding carboxylic acids is 1. The number of nitrogens with one attached hydrogen (secondary N) is 2. The summed E-state index contributed by atoms with van der Waals surface area (Å²) in [6.07, 6.45) is 7.14. The smallest absolute Gasteiger partial charge is 0.319 e. The summed E-state index contributed by atoms with van der Waals surface area (Å²) in [6, 6.07) is 7.28. The van der Waals surface area contributed by atoms with Gasteiger partial charge in [0.15, 0.2) is 0 Å². The van der Waals surface area contributed by atoms with Gasteiger partial charge in [-0.25, -0.2) is 9.78 Å². The topological polar surface area (TPSA) is 54.0 Å². The lowest BCUT2D eigenvalue weighted by Gasteiger charge is -2.29. The van der Waals surface area contributed by atoms with Crippen LogP contribution in [0.1, 0.15) is 73.7 Å². The van der Waals surface area contributed by atoms with Gasteiger partial charge >= 0.3 is 6.03 Å². The monoisotopic (exact) mass is 401 g/mol. The number of urea groups is 1. The average Bonchev–Trinajstić information content (AvgIpc) is 3.17. The molecule has 1 atom stereocenters. The van der Waals surface area contributed by atoms with Crippen molar-refractivity contribution in [2.45, 2.75) is 57.4 Å². The molecule has 0 bridgehead atoms. The van der Waals surface area contributed by atoms with Gasteiger partial charge in [0.25, 0.3) is 0 Å². The maximum absolute atomic E-state index is 12.2. The minimum Gasteiger partial charge on any atom is -0.327 e. The number of carbonyl (C=O) groups is 1. The highest BCUT2D eigenvalue weighted by atomic mass is 35.5. The summed E-state index contributed by atoms with van der Waals surface area (Å²) in [5, 5.41) is 9.91. The molecule has 1 fully saturated rings. The maximum atomic E-state index is 12.2. The molecule has 1 unspecified atom stereocenters. The fourth-order valence-electron chi connectivity index (χ4n) is 4.08. The Labute approximate surface area is 169 Å². The molecule has 27 heavy (non-hydrogen) atoms. The molecule has 1 aromatic carbocycles. The van der Waals surface area contributed by atoms with Gasteiger partial charge < -0.3 is 10.6 Å². The molecule has 4 nitrogen and oxygen atoms in total. The van der Waals surface area contributed by atoms with Crippen LogP contribution in [0.25, 0.3) is 5.57 Å². The van der Waals surface area contributed by atoms with Crippen molar-refractivity contribution < 1.29 is 4.79 Å². The number of halogens is 1. The zero-order valence-electron chi connectivity index (χ0n) is 15.4. The predicted octanol–water partition coefficient (Wildman–Crippen LogP) is 6.02. The molecule has 2 aromatic rings. The van der Waals surface area contributed by atoms with Gasteiger partial charge in [0.2, 0.25) is 0 Å². The zero-order valence-corrected chi connectivity index (χ0v) is 17.0. The fraction of sp³-hybridized carbons (Fsp3) is 0.429. The van der Waals surface area contributed by atoms with Crippen LogP contribution in [0.15, 0.2) is 35.3 Å². The van der Waals surface area contributed by atoms with E-state index in [9.17, 15) is 4.79 Å². The van der Waals surface area contributed by atoms with E-state index >= 15 is 0 Å². The number of allylic oxidation sites excluding steroid dienone is 1. The molecule has 2 amide bonds. The highest BCUT2D eigenvalue weighted by Gasteiger charge is 2.31. The normalized spacial score (nSPS) is 21.1. The first-order valence-corrected chi connectivity index (χ1v) is 10.9. The highest BCUT2D eigenvalue weighted by molar-refractivity contribution is 7.10. The van der Waals surface area contributed by atoms with Crippen LogP contribution >= 0.6 is 22.9 Å². The lowest BCUT2D eigenvalue weighted by molar-refractivity contribution is 0.240. The molecular weight excluding hydrogens is 378 g/mol. The largest absolute Gasteiger partial charge is 0.327 e. The third-order valence-corrected chi connectivity index (χ3v) is 6.59. The second kappa shape index (κ2) is 8.03. The van der Waals surface area contributed by atoms with Gasteiger partial charge in [0.1, 0.15) is 5.01 Å². The van der Waals surface area contributed by atoms with Crippen LogP contribution < -0.4 is 10.6 Å². The number of hydrogen-bond donors (Lipinski definition) is 2. The van der Waals surface area contributed by atoms with Crippen LogP contribution in [0.2, 0.25) is 5.02 Å². The van der Waals surface area contributed by atoms with Crippen molar-refractivity contribution in [2.75, 3.05) is 0 Å². The highest BCUT2D eigenvalue weighted by Crippen LogP contribution is 2.40. The fourth-order valence-corrected chi connectivity index (χ4v) is 5.28. The molecule has 1 aliphatic carbocycles. The first-order chi connectivity index (χ1) is 13.2. The van der Waals surface area contributed by atoms with Gasteiger partial charge in [0.05, 0.1) is 11.7 Å². The molecule has 1 saturated carbocycles. The van der Waals surface area contributed by atoms with E-state index in [-0.39, 0.29) is 12.1 Å². The average molecular weight is 402 g/mol. The second-order valence-corrected chi connectivity index (χ2v) is 8.54. The molecular formula is C21H24ClN3OS. The Balaban J connectivity index is 1.74. The van der Waals surface area contributed by atoms with E-state index in [0.717, 1.165) is 28.3 Å². The number of thiazole rings is 1. The molecule has 142 valence electrons. The SMILES string of the molecule is CCC1=C(c2nc(C3CCCCC3)cs2)C(c2cccc(Cl)c2)NC(=O)N1. The van der Waals surface area contributed by atoms with Crippen molar-refractivity contribution in [1.29, 1.82) is 0 Å². The molecule has 0 radical (unpaired) electrons. The van der Waals surface area contributed by atoms with Gasteiger partial charge in [-0.2, -0.15) is 0 Å². The molecule has 2 aliphatic rings. The number of nitrogens with zero attached hydrogens (tertiary/aromatic N) is 1. The van der Waals surface area contributed by atoms with Gasteiger partial charge in [-0.05, 0) is 37.0 Å². The number of hydrogen-bond acceptors (Lipinski definition) is 3. The van der Waals surface area contributed by atoms with E-state index in [4.69, 9.17) is 16.6 Å². The molecule has 6 heteroatoms. The number of rotatable bonds is 4. The van der Waals surface area contributed by atoms with Crippen molar-refractivity contribution >= 4 is 34.5 Å². The summed E-state index contributed by atoms with van der Waals surface area (Å²) in [6.45, 7) is 2.06. The van der Waals surface area contributed by atoms with Crippen molar-refractivity contribution in [2.24, 2.45) is 0 Å². The summed E-state index contributed by atoms with van der Waals surface area (Å²) < 4.78 is 0. The van der Waals surface area contributed by atoms with Crippen LogP contribution in [0.5, 0.6) is 0 Å². The number of amides is 2. The summed E-state index contributed by atoms with van der Waals surface area (Å²) in [4.78, 5) is 17.2. The minimum atomic E-state index is -0.238. The Bertz CT molecular complexity index is 870. The first kappa shape index (κ1) is 18.5. The summed E-state index contributed by atoms with van der Waals surface area (Å²) in [5.74, 6) is 0.574. The first-order valence-electron chi connectivity index (χ1n) is 9.67. The van der Waals surface area contributed by atoms with Gasteiger partial charge in [0, 0.05) is 27.6 Å². The van der Waals surface area contributed by atoms with Crippen LogP contribution in [0.3, 0.4) is 0 Å². The van der Waals surface area contributed by atoms with Crippen molar-refractivity contribution in [3.8, 4) is 0 Å². The van der Waals surface area contributed by atoms with Crippen molar-refractivity contribution in [3.63, 3.8) is 0 Å². The van der Waals surface area contributed by atoms with E-state index in [2.05, 4.69) is 22.9 Å². The Kier molecular flexibility index (Phi) is 5.50. The van der Waals surface area contributed by atoms with Crippen molar-refractivity contribution in [1.82, 2.24) is 15.6 Å². The van der Waals surface area contributed by atoms with Crippen molar-refractivity contribution in [3.05, 3.63) is 56.6 Å². The number of aromatic nitrogens is 1. The van der Waals surface area contributed by atoms with E-state index in [1.165, 1.54) is 37.8 Å². The molecule has 1 aromatic heterocycles. The molecule has 0 spiro atoms. The summed E-state index contributed by atoms with van der Waals surface area (Å²) >= 11 is 7.89. The van der Waals surface area contributed by atoms with Gasteiger partial charge in [-0.15, -0.1) is 11.3 Å². The number of benzene rings is 1. The molecule has 4 rings (SSSR count). The Morgan fingerprint density at radius 1 is 1.26 bits per heavy atom. The third-order valence-electron chi connectivity index (χ3n) is 5.47. The Hall–Kier alpha value is -1.85. The van der Waals surface area contributed by atoms with Crippen LogP contribution in [-0.4, -0.2) is 11.0 Å². The lowest BCUT2D eigenvalue weighted by Crippen LogP contribution is -2.43. The molecule has 0 saturated heterocycles. The summed E-state index contributed by atoms with van der Waals surface area (Å²) in [7, 11) is 0.